The lowest BCUT2D eigenvalue weighted by molar-refractivity contribution is 1.14. The Hall–Kier alpha value is -0.240. The summed E-state index contributed by atoms with van der Waals surface area (Å²) >= 11 is 0. The van der Waals surface area contributed by atoms with Gasteiger partial charge in [-0.2, -0.15) is 0 Å². The van der Waals surface area contributed by atoms with Crippen LogP contribution in [0.15, 0.2) is 0 Å². The fraction of sp³-hybridized carbons (Fsp3) is 1.00. The first kappa shape index (κ1) is 36.1. The zero-order valence-corrected chi connectivity index (χ0v) is 13.7. The van der Waals surface area contributed by atoms with Gasteiger partial charge < -0.3 is 34.4 Å². The molecule has 0 saturated heterocycles. The van der Waals surface area contributed by atoms with Crippen molar-refractivity contribution in [3.05, 3.63) is 0 Å². The summed E-state index contributed by atoms with van der Waals surface area (Å²) in [5, 5.41) is 0. The van der Waals surface area contributed by atoms with Crippen LogP contribution in [-0.4, -0.2) is 39.3 Å². The molecule has 0 atom stereocenters. The van der Waals surface area contributed by atoms with Crippen LogP contribution in [-0.2, 0) is 0 Å². The van der Waals surface area contributed by atoms with E-state index in [0.717, 1.165) is 39.3 Å². The van der Waals surface area contributed by atoms with Gasteiger partial charge in [0.25, 0.3) is 0 Å². The molecule has 0 unspecified atom stereocenters. The van der Waals surface area contributed by atoms with E-state index >= 15 is 0 Å². The van der Waals surface area contributed by atoms with E-state index in [1.807, 2.05) is 41.5 Å². The minimum Gasteiger partial charge on any atom is -0.331 e. The molecule has 0 bridgehead atoms. The van der Waals surface area contributed by atoms with Crippen LogP contribution in [0, 0.1) is 0 Å². The lowest BCUT2D eigenvalue weighted by Crippen LogP contribution is -1.87. The summed E-state index contributed by atoms with van der Waals surface area (Å²) in [5.41, 5.74) is 29.1. The Kier molecular flexibility index (Phi) is 251. The molecule has 6 heteroatoms. The van der Waals surface area contributed by atoms with E-state index in [1.54, 1.807) is 0 Å². The van der Waals surface area contributed by atoms with Crippen LogP contribution in [0.1, 0.15) is 41.5 Å². The third-order valence-corrected chi connectivity index (χ3v) is 0. The highest BCUT2D eigenvalue weighted by atomic mass is 14.5. The van der Waals surface area contributed by atoms with Crippen molar-refractivity contribution in [3.8, 4) is 0 Å². The molecule has 0 amide bonds. The van der Waals surface area contributed by atoms with E-state index in [-0.39, 0.29) is 0 Å². The molecule has 0 aromatic carbocycles. The Bertz CT molecular complexity index is 32.0. The highest BCUT2D eigenvalue weighted by molar-refractivity contribution is 4.01. The standard InChI is InChI=1S/6C2H7N/c6*1-2-3/h6*2-3H2,1H3. The van der Waals surface area contributed by atoms with Gasteiger partial charge in [-0.25, -0.2) is 0 Å². The van der Waals surface area contributed by atoms with Gasteiger partial charge in [-0.15, -0.1) is 0 Å². The van der Waals surface area contributed by atoms with Crippen molar-refractivity contribution in [3.63, 3.8) is 0 Å². The average Bonchev–Trinajstić information content (AvgIpc) is 2.23. The van der Waals surface area contributed by atoms with Crippen molar-refractivity contribution in [2.45, 2.75) is 41.5 Å². The quantitative estimate of drug-likeness (QED) is 0.357. The minimum absolute atomic E-state index is 0.750. The number of hydrogen-bond donors (Lipinski definition) is 6. The summed E-state index contributed by atoms with van der Waals surface area (Å²) in [6.07, 6.45) is 0. The van der Waals surface area contributed by atoms with Gasteiger partial charge in [-0.1, -0.05) is 41.5 Å². The molecule has 0 aromatic rings. The fourth-order valence-corrected chi connectivity index (χ4v) is 0. The predicted molar refractivity (Wildman–Crippen MR) is 88.4 cm³/mol. The molecule has 0 fully saturated rings. The molecule has 0 saturated carbocycles. The van der Waals surface area contributed by atoms with Crippen molar-refractivity contribution in [2.75, 3.05) is 39.3 Å². The lowest BCUT2D eigenvalue weighted by atomic mass is 10.8. The van der Waals surface area contributed by atoms with Crippen molar-refractivity contribution < 1.29 is 0 Å². The van der Waals surface area contributed by atoms with Gasteiger partial charge in [-0.3, -0.25) is 0 Å². The maximum atomic E-state index is 4.85. The molecule has 0 spiro atoms. The van der Waals surface area contributed by atoms with E-state index in [2.05, 4.69) is 0 Å². The first-order chi connectivity index (χ1) is 8.49. The number of hydrogen-bond acceptors (Lipinski definition) is 6. The van der Waals surface area contributed by atoms with Crippen LogP contribution in [0.3, 0.4) is 0 Å². The van der Waals surface area contributed by atoms with Crippen LogP contribution < -0.4 is 34.4 Å². The maximum absolute atomic E-state index is 4.85. The van der Waals surface area contributed by atoms with Crippen LogP contribution in [0.2, 0.25) is 0 Å². The smallest absolute Gasteiger partial charge is 0.0106 e. The van der Waals surface area contributed by atoms with E-state index in [4.69, 9.17) is 34.4 Å². The molecule has 0 aliphatic carbocycles. The number of rotatable bonds is 0. The third-order valence-electron chi connectivity index (χ3n) is 0. The van der Waals surface area contributed by atoms with Gasteiger partial charge in [0.15, 0.2) is 0 Å². The Morgan fingerprint density at radius 2 is 0.333 bits per heavy atom. The van der Waals surface area contributed by atoms with Crippen LogP contribution in [0.5, 0.6) is 0 Å². The number of nitrogens with two attached hydrogens (primary N) is 6. The second-order valence-electron chi connectivity index (χ2n) is 2.45. The van der Waals surface area contributed by atoms with Crippen LogP contribution >= 0.6 is 0 Å². The molecule has 6 nitrogen and oxygen atoms in total. The topological polar surface area (TPSA) is 156 Å². The monoisotopic (exact) mass is 270 g/mol. The molecule has 0 radical (unpaired) electrons. The zero-order valence-electron chi connectivity index (χ0n) is 13.7. The molecular formula is C12H42N6. The minimum atomic E-state index is 0.750. The molecule has 0 heterocycles. The summed E-state index contributed by atoms with van der Waals surface area (Å²) in [7, 11) is 0. The van der Waals surface area contributed by atoms with Crippen LogP contribution in [0.4, 0.5) is 0 Å². The van der Waals surface area contributed by atoms with Gasteiger partial charge in [-0.05, 0) is 39.3 Å². The molecular weight excluding hydrogens is 228 g/mol. The Balaban J connectivity index is -0.0000000240. The Labute approximate surface area is 116 Å². The summed E-state index contributed by atoms with van der Waals surface area (Å²) in [6, 6.07) is 0. The van der Waals surface area contributed by atoms with Crippen molar-refractivity contribution in [1.82, 2.24) is 0 Å². The highest BCUT2D eigenvalue weighted by Crippen LogP contribution is 1.21. The van der Waals surface area contributed by atoms with Gasteiger partial charge in [0.05, 0.1) is 0 Å². The second kappa shape index (κ2) is 125. The Morgan fingerprint density at radius 1 is 0.333 bits per heavy atom. The highest BCUT2D eigenvalue weighted by Gasteiger charge is 1.34. The van der Waals surface area contributed by atoms with Gasteiger partial charge in [0.2, 0.25) is 0 Å². The average molecular weight is 271 g/mol. The summed E-state index contributed by atoms with van der Waals surface area (Å²) in [5.74, 6) is 0. The fourth-order valence-electron chi connectivity index (χ4n) is 0. The normalized spacial score (nSPS) is 6.00. The van der Waals surface area contributed by atoms with E-state index < -0.39 is 0 Å². The van der Waals surface area contributed by atoms with E-state index in [9.17, 15) is 0 Å². The summed E-state index contributed by atoms with van der Waals surface area (Å²) < 4.78 is 0. The van der Waals surface area contributed by atoms with Crippen molar-refractivity contribution >= 4 is 0 Å². The second-order valence-corrected chi connectivity index (χ2v) is 2.45. The predicted octanol–water partition coefficient (Wildman–Crippen LogP) is -0.210. The Morgan fingerprint density at radius 3 is 0.333 bits per heavy atom. The summed E-state index contributed by atoms with van der Waals surface area (Å²) in [4.78, 5) is 0. The molecule has 0 rings (SSSR count). The van der Waals surface area contributed by atoms with Crippen molar-refractivity contribution in [2.24, 2.45) is 34.4 Å². The molecule has 120 valence electrons. The maximum Gasteiger partial charge on any atom is -0.0106 e. The van der Waals surface area contributed by atoms with E-state index in [1.165, 1.54) is 0 Å². The third kappa shape index (κ3) is 59600. The molecule has 18 heavy (non-hydrogen) atoms. The SMILES string of the molecule is CCN.CCN.CCN.CCN.CCN.CCN. The van der Waals surface area contributed by atoms with Crippen LogP contribution in [0.25, 0.3) is 0 Å². The lowest BCUT2D eigenvalue weighted by Gasteiger charge is -1.53. The van der Waals surface area contributed by atoms with Crippen molar-refractivity contribution in [1.29, 1.82) is 0 Å². The molecule has 0 aliphatic rings. The van der Waals surface area contributed by atoms with Gasteiger partial charge in [0, 0.05) is 0 Å². The van der Waals surface area contributed by atoms with Gasteiger partial charge in [0.1, 0.15) is 0 Å². The largest absolute Gasteiger partial charge is 0.331 e. The first-order valence-corrected chi connectivity index (χ1v) is 6.69. The molecule has 0 aromatic heterocycles. The molecule has 0 aliphatic heterocycles. The van der Waals surface area contributed by atoms with E-state index in [0.29, 0.717) is 0 Å². The zero-order chi connectivity index (χ0) is 16.2. The van der Waals surface area contributed by atoms with Gasteiger partial charge >= 0.3 is 0 Å². The summed E-state index contributed by atoms with van der Waals surface area (Å²) in [6.45, 7) is 15.9. The molecule has 12 N–H and O–H groups in total. The first-order valence-electron chi connectivity index (χ1n) is 6.69.